The molecule has 0 amide bonds. The predicted octanol–water partition coefficient (Wildman–Crippen LogP) is 2.26. The first kappa shape index (κ1) is 16.9. The Labute approximate surface area is 149 Å². The highest BCUT2D eigenvalue weighted by atomic mass is 16.5. The van der Waals surface area contributed by atoms with Gasteiger partial charge in [-0.15, -0.1) is 0 Å². The number of aliphatic hydroxyl groups excluding tert-OH is 1. The molecule has 2 heterocycles. The van der Waals surface area contributed by atoms with E-state index in [9.17, 15) is 5.11 Å². The molecule has 25 heavy (non-hydrogen) atoms. The molecular formula is C20H27NO4. The van der Waals surface area contributed by atoms with E-state index in [-0.39, 0.29) is 11.6 Å². The highest BCUT2D eigenvalue weighted by molar-refractivity contribution is 5.54. The fourth-order valence-electron chi connectivity index (χ4n) is 5.01. The molecule has 0 bridgehead atoms. The average Bonchev–Trinajstić information content (AvgIpc) is 2.91. The molecule has 1 N–H and O–H groups in total. The lowest BCUT2D eigenvalue weighted by molar-refractivity contribution is -0.0318. The summed E-state index contributed by atoms with van der Waals surface area (Å²) in [6.07, 6.45) is 5.24. The van der Waals surface area contributed by atoms with Crippen LogP contribution in [0.25, 0.3) is 0 Å². The minimum absolute atomic E-state index is 0.189. The minimum Gasteiger partial charge on any atom is -0.493 e. The van der Waals surface area contributed by atoms with Crippen molar-refractivity contribution in [1.29, 1.82) is 0 Å². The van der Waals surface area contributed by atoms with Gasteiger partial charge < -0.3 is 19.3 Å². The molecule has 0 radical (unpaired) electrons. The fraction of sp³-hybridized carbons (Fsp3) is 0.600. The van der Waals surface area contributed by atoms with Gasteiger partial charge in [0.15, 0.2) is 11.5 Å². The summed E-state index contributed by atoms with van der Waals surface area (Å²) in [5, 5.41) is 10.4. The zero-order valence-electron chi connectivity index (χ0n) is 15.2. The Morgan fingerprint density at radius 1 is 1.08 bits per heavy atom. The molecule has 5 heteroatoms. The third kappa shape index (κ3) is 2.40. The van der Waals surface area contributed by atoms with E-state index in [0.29, 0.717) is 0 Å². The van der Waals surface area contributed by atoms with Gasteiger partial charge in [-0.1, -0.05) is 6.08 Å². The lowest BCUT2D eigenvalue weighted by Gasteiger charge is -2.45. The van der Waals surface area contributed by atoms with Gasteiger partial charge in [0.1, 0.15) is 0 Å². The summed E-state index contributed by atoms with van der Waals surface area (Å²) in [5.74, 6) is 1.55. The summed E-state index contributed by atoms with van der Waals surface area (Å²) in [6, 6.07) is 4.28. The largest absolute Gasteiger partial charge is 0.493 e. The molecule has 0 aromatic heterocycles. The number of methoxy groups -OCH3 is 3. The first-order valence-electron chi connectivity index (χ1n) is 9.06. The summed E-state index contributed by atoms with van der Waals surface area (Å²) in [7, 11) is 5.06. The number of aryl methyl sites for hydroxylation is 1. The van der Waals surface area contributed by atoms with Gasteiger partial charge in [-0.2, -0.15) is 0 Å². The van der Waals surface area contributed by atoms with Crippen LogP contribution in [0.4, 0.5) is 0 Å². The Morgan fingerprint density at radius 3 is 2.56 bits per heavy atom. The van der Waals surface area contributed by atoms with Crippen LogP contribution in [0.1, 0.15) is 30.4 Å². The summed E-state index contributed by atoms with van der Waals surface area (Å²) in [6.45, 7) is 2.09. The monoisotopic (exact) mass is 345 g/mol. The van der Waals surface area contributed by atoms with Gasteiger partial charge in [0.25, 0.3) is 0 Å². The van der Waals surface area contributed by atoms with Crippen LogP contribution in [0, 0.1) is 0 Å². The molecule has 1 aromatic rings. The smallest absolute Gasteiger partial charge is 0.161 e. The van der Waals surface area contributed by atoms with Crippen molar-refractivity contribution in [3.05, 3.63) is 34.9 Å². The average molecular weight is 345 g/mol. The van der Waals surface area contributed by atoms with E-state index < -0.39 is 6.10 Å². The zero-order chi connectivity index (χ0) is 17.6. The molecule has 1 aliphatic carbocycles. The Bertz CT molecular complexity index is 701. The van der Waals surface area contributed by atoms with Crippen molar-refractivity contribution in [3.8, 4) is 11.5 Å². The van der Waals surface area contributed by atoms with Gasteiger partial charge in [0.2, 0.25) is 0 Å². The van der Waals surface area contributed by atoms with Gasteiger partial charge in [-0.25, -0.2) is 0 Å². The van der Waals surface area contributed by atoms with Gasteiger partial charge >= 0.3 is 0 Å². The molecule has 2 aliphatic heterocycles. The number of aliphatic hydroxyl groups is 1. The summed E-state index contributed by atoms with van der Waals surface area (Å²) in [5.41, 5.74) is 3.74. The van der Waals surface area contributed by atoms with Gasteiger partial charge in [0.05, 0.1) is 32.0 Å². The van der Waals surface area contributed by atoms with Crippen LogP contribution >= 0.6 is 0 Å². The maximum absolute atomic E-state index is 10.4. The fourth-order valence-corrected chi connectivity index (χ4v) is 5.01. The molecule has 5 nitrogen and oxygen atoms in total. The van der Waals surface area contributed by atoms with Crippen LogP contribution in [0.5, 0.6) is 11.5 Å². The zero-order valence-corrected chi connectivity index (χ0v) is 15.2. The quantitative estimate of drug-likeness (QED) is 0.852. The maximum Gasteiger partial charge on any atom is 0.161 e. The van der Waals surface area contributed by atoms with E-state index in [0.717, 1.165) is 50.3 Å². The molecule has 1 saturated heterocycles. The van der Waals surface area contributed by atoms with E-state index in [1.54, 1.807) is 21.3 Å². The first-order valence-corrected chi connectivity index (χ1v) is 9.06. The van der Waals surface area contributed by atoms with Gasteiger partial charge in [-0.05, 0) is 54.6 Å². The van der Waals surface area contributed by atoms with Crippen molar-refractivity contribution < 1.29 is 19.3 Å². The number of hydrogen-bond donors (Lipinski definition) is 1. The first-order chi connectivity index (χ1) is 12.1. The summed E-state index contributed by atoms with van der Waals surface area (Å²) < 4.78 is 16.8. The molecule has 1 spiro atoms. The number of ether oxygens (including phenoxy) is 3. The molecule has 3 aliphatic rings. The normalized spacial score (nSPS) is 31.4. The van der Waals surface area contributed by atoms with Crippen molar-refractivity contribution in [2.75, 3.05) is 34.4 Å². The molecule has 3 atom stereocenters. The van der Waals surface area contributed by atoms with Crippen LogP contribution in [-0.2, 0) is 16.7 Å². The molecule has 0 saturated carbocycles. The minimum atomic E-state index is -0.530. The second-order valence-corrected chi connectivity index (χ2v) is 7.23. The van der Waals surface area contributed by atoms with Gasteiger partial charge in [-0.3, -0.25) is 4.90 Å². The van der Waals surface area contributed by atoms with E-state index >= 15 is 0 Å². The lowest BCUT2D eigenvalue weighted by atomic mass is 9.72. The highest BCUT2D eigenvalue weighted by Crippen LogP contribution is 2.53. The second-order valence-electron chi connectivity index (χ2n) is 7.23. The van der Waals surface area contributed by atoms with Crippen LogP contribution in [0.15, 0.2) is 23.8 Å². The van der Waals surface area contributed by atoms with Crippen molar-refractivity contribution in [2.45, 2.75) is 43.4 Å². The van der Waals surface area contributed by atoms with Crippen LogP contribution in [-0.4, -0.2) is 56.6 Å². The van der Waals surface area contributed by atoms with Gasteiger partial charge in [0, 0.05) is 20.1 Å². The van der Waals surface area contributed by atoms with Crippen molar-refractivity contribution in [3.63, 3.8) is 0 Å². The van der Waals surface area contributed by atoms with E-state index in [1.165, 1.54) is 16.7 Å². The number of fused-ring (bicyclic) bond motifs is 1. The molecule has 1 fully saturated rings. The summed E-state index contributed by atoms with van der Waals surface area (Å²) >= 11 is 0. The molecular weight excluding hydrogens is 318 g/mol. The van der Waals surface area contributed by atoms with Crippen LogP contribution < -0.4 is 9.47 Å². The highest BCUT2D eigenvalue weighted by Gasteiger charge is 2.52. The number of rotatable bonds is 3. The van der Waals surface area contributed by atoms with Crippen LogP contribution in [0.2, 0.25) is 0 Å². The van der Waals surface area contributed by atoms with Crippen LogP contribution in [0.3, 0.4) is 0 Å². The van der Waals surface area contributed by atoms with Crippen molar-refractivity contribution in [2.24, 2.45) is 0 Å². The number of hydrogen-bond acceptors (Lipinski definition) is 5. The topological polar surface area (TPSA) is 51.2 Å². The molecule has 3 unspecified atom stereocenters. The Kier molecular flexibility index (Phi) is 4.26. The Balaban J connectivity index is 1.93. The summed E-state index contributed by atoms with van der Waals surface area (Å²) in [4.78, 5) is 2.58. The third-order valence-electron chi connectivity index (χ3n) is 6.20. The second kappa shape index (κ2) is 6.31. The molecule has 4 rings (SSSR count). The Morgan fingerprint density at radius 2 is 1.84 bits per heavy atom. The van der Waals surface area contributed by atoms with Crippen molar-refractivity contribution in [1.82, 2.24) is 4.90 Å². The predicted molar refractivity (Wildman–Crippen MR) is 95.2 cm³/mol. The third-order valence-corrected chi connectivity index (χ3v) is 6.20. The molecule has 136 valence electrons. The van der Waals surface area contributed by atoms with E-state index in [2.05, 4.69) is 17.0 Å². The Hall–Kier alpha value is -1.56. The number of nitrogens with zero attached hydrogens (tertiary/aromatic N) is 1. The SMILES string of the molecule is COc1cc2c(cc1OC)C13CC(OC)C(O)C=C1CCN3CCC2. The maximum atomic E-state index is 10.4. The number of benzene rings is 1. The van der Waals surface area contributed by atoms with E-state index in [4.69, 9.17) is 14.2 Å². The standard InChI is InChI=1S/C20H27NO4/c1-23-17-9-13-5-4-7-21-8-6-14-10-16(22)19(25-3)12-20(14,21)15(13)11-18(17)24-2/h9-11,16,19,22H,4-8,12H2,1-3H3. The lowest BCUT2D eigenvalue weighted by Crippen LogP contribution is -2.49. The van der Waals surface area contributed by atoms with Crippen molar-refractivity contribution >= 4 is 0 Å². The molecule has 1 aromatic carbocycles. The van der Waals surface area contributed by atoms with E-state index in [1.807, 2.05) is 6.08 Å².